The molecule has 0 unspecified atom stereocenters. The van der Waals surface area contributed by atoms with Crippen LogP contribution >= 0.6 is 0 Å². The third-order valence-electron chi connectivity index (χ3n) is 2.77. The maximum Gasteiger partial charge on any atom is 0.253 e. The molecule has 6 nitrogen and oxygen atoms in total. The molecule has 0 saturated carbocycles. The second kappa shape index (κ2) is 7.37. The first-order valence-corrected chi connectivity index (χ1v) is 7.90. The predicted molar refractivity (Wildman–Crippen MR) is 78.2 cm³/mol. The number of nitrogens with zero attached hydrogens (tertiary/aromatic N) is 1. The molecule has 0 aliphatic carbocycles. The maximum atomic E-state index is 12.2. The average molecular weight is 299 g/mol. The van der Waals surface area contributed by atoms with Crippen LogP contribution in [0.25, 0.3) is 0 Å². The predicted octanol–water partition coefficient (Wildman–Crippen LogP) is 0.276. The number of nitrogens with one attached hydrogen (secondary N) is 2. The minimum atomic E-state index is -3.54. The molecule has 0 atom stereocenters. The molecular weight excluding hydrogens is 278 g/mol. The van der Waals surface area contributed by atoms with E-state index in [1.54, 1.807) is 31.0 Å². The van der Waals surface area contributed by atoms with Crippen LogP contribution in [0.5, 0.6) is 0 Å². The second-order valence-corrected chi connectivity index (χ2v) is 6.13. The Morgan fingerprint density at radius 2 is 2.05 bits per heavy atom. The number of carbonyl (C=O) groups excluding carboxylic acids is 1. The van der Waals surface area contributed by atoms with Gasteiger partial charge in [0.15, 0.2) is 0 Å². The van der Waals surface area contributed by atoms with Crippen LogP contribution in [0.4, 0.5) is 0 Å². The van der Waals surface area contributed by atoms with Gasteiger partial charge in [-0.2, -0.15) is 0 Å². The molecule has 0 heterocycles. The highest BCUT2D eigenvalue weighted by molar-refractivity contribution is 7.89. The first-order chi connectivity index (χ1) is 9.42. The van der Waals surface area contributed by atoms with Crippen LogP contribution in [-0.2, 0) is 10.0 Å². The topological polar surface area (TPSA) is 78.5 Å². The van der Waals surface area contributed by atoms with E-state index in [-0.39, 0.29) is 10.8 Å². The Labute approximate surface area is 120 Å². The van der Waals surface area contributed by atoms with Crippen LogP contribution in [-0.4, -0.2) is 53.0 Å². The van der Waals surface area contributed by atoms with Gasteiger partial charge in [0.25, 0.3) is 5.91 Å². The van der Waals surface area contributed by atoms with Crippen LogP contribution in [0.2, 0.25) is 0 Å². The summed E-state index contributed by atoms with van der Waals surface area (Å²) in [4.78, 5) is 13.8. The average Bonchev–Trinajstić information content (AvgIpc) is 2.44. The van der Waals surface area contributed by atoms with E-state index >= 15 is 0 Å². The van der Waals surface area contributed by atoms with Crippen molar-refractivity contribution in [3.63, 3.8) is 0 Å². The molecule has 0 aromatic heterocycles. The number of amides is 1. The molecule has 0 aliphatic heterocycles. The fourth-order valence-corrected chi connectivity index (χ4v) is 2.76. The summed E-state index contributed by atoms with van der Waals surface area (Å²) >= 11 is 0. The van der Waals surface area contributed by atoms with Crippen molar-refractivity contribution in [2.75, 3.05) is 33.7 Å². The molecule has 0 aliphatic rings. The summed E-state index contributed by atoms with van der Waals surface area (Å²) in [5.74, 6) is -0.200. The van der Waals surface area contributed by atoms with Crippen LogP contribution in [0.3, 0.4) is 0 Å². The highest BCUT2D eigenvalue weighted by Gasteiger charge is 2.16. The zero-order chi connectivity index (χ0) is 15.2. The lowest BCUT2D eigenvalue weighted by Crippen LogP contribution is -2.33. The summed E-state index contributed by atoms with van der Waals surface area (Å²) in [6.45, 7) is 3.25. The van der Waals surface area contributed by atoms with Gasteiger partial charge in [-0.3, -0.25) is 4.79 Å². The Balaban J connectivity index is 2.96. The summed E-state index contributed by atoms with van der Waals surface area (Å²) in [5.41, 5.74) is 0.364. The minimum Gasteiger partial charge on any atom is -0.340 e. The quantitative estimate of drug-likeness (QED) is 0.758. The van der Waals surface area contributed by atoms with Crippen molar-refractivity contribution < 1.29 is 13.2 Å². The van der Waals surface area contributed by atoms with Gasteiger partial charge in [-0.05, 0) is 25.2 Å². The molecule has 112 valence electrons. The van der Waals surface area contributed by atoms with Crippen LogP contribution in [0, 0.1) is 0 Å². The number of hydrogen-bond donors (Lipinski definition) is 2. The standard InChI is InChI=1S/C13H21N3O3S/c1-4-15-20(18,19)12-7-5-6-11(10-12)13(17)16(3)9-8-14-2/h5-7,10,14-15H,4,8-9H2,1-3H3. The SMILES string of the molecule is CCNS(=O)(=O)c1cccc(C(=O)N(C)CCNC)c1. The van der Waals surface area contributed by atoms with E-state index in [2.05, 4.69) is 10.0 Å². The molecule has 0 spiro atoms. The highest BCUT2D eigenvalue weighted by atomic mass is 32.2. The lowest BCUT2D eigenvalue weighted by molar-refractivity contribution is 0.0796. The van der Waals surface area contributed by atoms with Crippen molar-refractivity contribution in [2.24, 2.45) is 0 Å². The van der Waals surface area contributed by atoms with Gasteiger partial charge in [0.1, 0.15) is 0 Å². The van der Waals surface area contributed by atoms with Gasteiger partial charge in [-0.15, -0.1) is 0 Å². The van der Waals surface area contributed by atoms with E-state index in [0.717, 1.165) is 0 Å². The second-order valence-electron chi connectivity index (χ2n) is 4.36. The van der Waals surface area contributed by atoms with E-state index in [1.165, 1.54) is 12.1 Å². The highest BCUT2D eigenvalue weighted by Crippen LogP contribution is 2.12. The Kier molecular flexibility index (Phi) is 6.12. The lowest BCUT2D eigenvalue weighted by atomic mass is 10.2. The summed E-state index contributed by atoms with van der Waals surface area (Å²) in [6, 6.07) is 6.06. The monoisotopic (exact) mass is 299 g/mol. The van der Waals surface area contributed by atoms with Crippen LogP contribution in [0.15, 0.2) is 29.2 Å². The molecule has 1 aromatic rings. The van der Waals surface area contributed by atoms with Crippen molar-refractivity contribution >= 4 is 15.9 Å². The number of benzene rings is 1. The summed E-state index contributed by atoms with van der Waals surface area (Å²) in [6.07, 6.45) is 0. The largest absolute Gasteiger partial charge is 0.340 e. The number of rotatable bonds is 7. The maximum absolute atomic E-state index is 12.2. The minimum absolute atomic E-state index is 0.104. The van der Waals surface area contributed by atoms with Crippen LogP contribution in [0.1, 0.15) is 17.3 Å². The number of carbonyl (C=O) groups is 1. The third kappa shape index (κ3) is 4.29. The fraction of sp³-hybridized carbons (Fsp3) is 0.462. The molecule has 7 heteroatoms. The molecule has 0 bridgehead atoms. The van der Waals surface area contributed by atoms with Crippen molar-refractivity contribution in [1.29, 1.82) is 0 Å². The van der Waals surface area contributed by atoms with Gasteiger partial charge in [0, 0.05) is 32.2 Å². The Morgan fingerprint density at radius 3 is 2.65 bits per heavy atom. The molecule has 1 aromatic carbocycles. The molecule has 20 heavy (non-hydrogen) atoms. The summed E-state index contributed by atoms with van der Waals surface area (Å²) in [7, 11) is -0.0490. The third-order valence-corrected chi connectivity index (χ3v) is 4.31. The Hall–Kier alpha value is -1.44. The zero-order valence-electron chi connectivity index (χ0n) is 12.0. The molecule has 1 amide bonds. The number of sulfonamides is 1. The van der Waals surface area contributed by atoms with E-state index < -0.39 is 10.0 Å². The smallest absolute Gasteiger partial charge is 0.253 e. The van der Waals surface area contributed by atoms with Gasteiger partial charge in [0.2, 0.25) is 10.0 Å². The summed E-state index contributed by atoms with van der Waals surface area (Å²) in [5, 5.41) is 2.96. The molecular formula is C13H21N3O3S. The Morgan fingerprint density at radius 1 is 1.35 bits per heavy atom. The molecule has 1 rings (SSSR count). The first-order valence-electron chi connectivity index (χ1n) is 6.42. The molecule has 0 radical (unpaired) electrons. The van der Waals surface area contributed by atoms with Crippen LogP contribution < -0.4 is 10.0 Å². The van der Waals surface area contributed by atoms with Gasteiger partial charge in [-0.25, -0.2) is 13.1 Å². The van der Waals surface area contributed by atoms with E-state index in [9.17, 15) is 13.2 Å². The van der Waals surface area contributed by atoms with Gasteiger partial charge >= 0.3 is 0 Å². The Bertz CT molecular complexity index is 558. The van der Waals surface area contributed by atoms with E-state index in [0.29, 0.717) is 25.2 Å². The van der Waals surface area contributed by atoms with Crippen molar-refractivity contribution in [3.8, 4) is 0 Å². The van der Waals surface area contributed by atoms with Crippen molar-refractivity contribution in [2.45, 2.75) is 11.8 Å². The van der Waals surface area contributed by atoms with E-state index in [4.69, 9.17) is 0 Å². The first kappa shape index (κ1) is 16.6. The summed E-state index contributed by atoms with van der Waals surface area (Å²) < 4.78 is 26.2. The molecule has 2 N–H and O–H groups in total. The van der Waals surface area contributed by atoms with Gasteiger partial charge in [-0.1, -0.05) is 13.0 Å². The molecule has 0 saturated heterocycles. The molecule has 0 fully saturated rings. The zero-order valence-corrected chi connectivity index (χ0v) is 12.8. The van der Waals surface area contributed by atoms with Crippen molar-refractivity contribution in [3.05, 3.63) is 29.8 Å². The number of likely N-dealkylation sites (N-methyl/N-ethyl adjacent to an activating group) is 2. The van der Waals surface area contributed by atoms with Crippen molar-refractivity contribution in [1.82, 2.24) is 14.9 Å². The van der Waals surface area contributed by atoms with Gasteiger partial charge in [0.05, 0.1) is 4.90 Å². The normalized spacial score (nSPS) is 11.3. The van der Waals surface area contributed by atoms with E-state index in [1.807, 2.05) is 7.05 Å². The number of hydrogen-bond acceptors (Lipinski definition) is 4. The van der Waals surface area contributed by atoms with Gasteiger partial charge < -0.3 is 10.2 Å². The fourth-order valence-electron chi connectivity index (χ4n) is 1.67. The lowest BCUT2D eigenvalue weighted by Gasteiger charge is -2.17.